The monoisotopic (exact) mass is 293 g/mol. The largest absolute Gasteiger partial charge is 0.352 e. The van der Waals surface area contributed by atoms with E-state index in [1.807, 2.05) is 25.1 Å². The van der Waals surface area contributed by atoms with Crippen LogP contribution >= 0.6 is 11.6 Å². The molecule has 1 aromatic heterocycles. The summed E-state index contributed by atoms with van der Waals surface area (Å²) < 4.78 is 1.37. The van der Waals surface area contributed by atoms with Crippen molar-refractivity contribution in [2.75, 3.05) is 12.0 Å². The van der Waals surface area contributed by atoms with Crippen molar-refractivity contribution in [3.63, 3.8) is 0 Å². The molecule has 7 heteroatoms. The highest BCUT2D eigenvalue weighted by atomic mass is 35.5. The number of hydrogen-bond acceptors (Lipinski definition) is 5. The summed E-state index contributed by atoms with van der Waals surface area (Å²) in [5.74, 6) is 0.702. The van der Waals surface area contributed by atoms with Crippen molar-refractivity contribution < 1.29 is 0 Å². The van der Waals surface area contributed by atoms with Gasteiger partial charge in [0.05, 0.1) is 5.02 Å². The SMILES string of the molecule is CCCNNc1nc(-c2ccccc2Cl)n(C)c(=O)n1. The van der Waals surface area contributed by atoms with Gasteiger partial charge in [0, 0.05) is 19.2 Å². The molecule has 2 aromatic rings. The van der Waals surface area contributed by atoms with E-state index in [2.05, 4.69) is 20.8 Å². The highest BCUT2D eigenvalue weighted by Crippen LogP contribution is 2.24. The Morgan fingerprint density at radius 1 is 1.30 bits per heavy atom. The zero-order valence-electron chi connectivity index (χ0n) is 11.4. The van der Waals surface area contributed by atoms with Gasteiger partial charge in [-0.3, -0.25) is 9.99 Å². The van der Waals surface area contributed by atoms with E-state index in [-0.39, 0.29) is 5.95 Å². The predicted octanol–water partition coefficient (Wildman–Crippen LogP) is 1.82. The first-order valence-corrected chi connectivity index (χ1v) is 6.70. The fraction of sp³-hybridized carbons (Fsp3) is 0.308. The third-order valence-corrected chi connectivity index (χ3v) is 3.04. The zero-order chi connectivity index (χ0) is 14.5. The third kappa shape index (κ3) is 3.15. The molecular formula is C13H16ClN5O. The van der Waals surface area contributed by atoms with Gasteiger partial charge in [0.25, 0.3) is 0 Å². The number of anilines is 1. The van der Waals surface area contributed by atoms with Gasteiger partial charge >= 0.3 is 5.69 Å². The molecule has 106 valence electrons. The van der Waals surface area contributed by atoms with Crippen LogP contribution in [0.4, 0.5) is 5.95 Å². The molecule has 0 aliphatic rings. The lowest BCUT2D eigenvalue weighted by Crippen LogP contribution is -2.29. The van der Waals surface area contributed by atoms with Gasteiger partial charge in [0.1, 0.15) is 5.82 Å². The Kier molecular flexibility index (Phi) is 4.70. The number of nitrogens with zero attached hydrogens (tertiary/aromatic N) is 3. The molecule has 0 radical (unpaired) electrons. The highest BCUT2D eigenvalue weighted by molar-refractivity contribution is 6.33. The highest BCUT2D eigenvalue weighted by Gasteiger charge is 2.11. The normalized spacial score (nSPS) is 10.6. The molecule has 0 saturated carbocycles. The minimum atomic E-state index is -0.393. The quantitative estimate of drug-likeness (QED) is 0.650. The van der Waals surface area contributed by atoms with Crippen LogP contribution in [0.5, 0.6) is 0 Å². The van der Waals surface area contributed by atoms with Crippen LogP contribution in [0.3, 0.4) is 0 Å². The van der Waals surface area contributed by atoms with Crippen molar-refractivity contribution in [2.24, 2.45) is 7.05 Å². The van der Waals surface area contributed by atoms with Gasteiger partial charge in [-0.1, -0.05) is 30.7 Å². The fourth-order valence-electron chi connectivity index (χ4n) is 1.66. The number of nitrogens with one attached hydrogen (secondary N) is 2. The minimum Gasteiger partial charge on any atom is -0.289 e. The number of hydrazine groups is 1. The molecule has 0 spiro atoms. The van der Waals surface area contributed by atoms with Gasteiger partial charge in [-0.25, -0.2) is 10.2 Å². The van der Waals surface area contributed by atoms with E-state index in [4.69, 9.17) is 11.6 Å². The molecule has 0 aliphatic carbocycles. The molecule has 0 unspecified atom stereocenters. The molecule has 2 rings (SSSR count). The maximum atomic E-state index is 11.9. The molecule has 0 bridgehead atoms. The minimum absolute atomic E-state index is 0.233. The third-order valence-electron chi connectivity index (χ3n) is 2.71. The van der Waals surface area contributed by atoms with Gasteiger partial charge in [-0.05, 0) is 18.6 Å². The van der Waals surface area contributed by atoms with Gasteiger partial charge in [-0.2, -0.15) is 9.97 Å². The summed E-state index contributed by atoms with van der Waals surface area (Å²) in [7, 11) is 1.62. The van der Waals surface area contributed by atoms with Gasteiger partial charge < -0.3 is 0 Å². The molecule has 6 nitrogen and oxygen atoms in total. The van der Waals surface area contributed by atoms with Crippen LogP contribution in [0, 0.1) is 0 Å². The van der Waals surface area contributed by atoms with E-state index < -0.39 is 5.69 Å². The predicted molar refractivity (Wildman–Crippen MR) is 79.6 cm³/mol. The van der Waals surface area contributed by atoms with E-state index in [0.29, 0.717) is 16.4 Å². The van der Waals surface area contributed by atoms with Crippen molar-refractivity contribution >= 4 is 17.5 Å². The Morgan fingerprint density at radius 3 is 2.75 bits per heavy atom. The van der Waals surface area contributed by atoms with Crippen molar-refractivity contribution in [3.05, 3.63) is 39.8 Å². The van der Waals surface area contributed by atoms with E-state index in [0.717, 1.165) is 13.0 Å². The summed E-state index contributed by atoms with van der Waals surface area (Å²) in [6.07, 6.45) is 0.954. The zero-order valence-corrected chi connectivity index (χ0v) is 12.1. The van der Waals surface area contributed by atoms with Crippen molar-refractivity contribution in [1.29, 1.82) is 0 Å². The Bertz CT molecular complexity index is 655. The smallest absolute Gasteiger partial charge is 0.289 e. The van der Waals surface area contributed by atoms with Gasteiger partial charge in [0.15, 0.2) is 0 Å². The lowest BCUT2D eigenvalue weighted by atomic mass is 10.2. The second-order valence-electron chi connectivity index (χ2n) is 4.24. The van der Waals surface area contributed by atoms with Crippen molar-refractivity contribution in [1.82, 2.24) is 20.0 Å². The average molecular weight is 294 g/mol. The van der Waals surface area contributed by atoms with Crippen LogP contribution in [0.15, 0.2) is 29.1 Å². The van der Waals surface area contributed by atoms with Crippen LogP contribution in [-0.4, -0.2) is 21.1 Å². The molecule has 2 N–H and O–H groups in total. The molecule has 0 atom stereocenters. The first-order valence-electron chi connectivity index (χ1n) is 6.32. The molecule has 20 heavy (non-hydrogen) atoms. The average Bonchev–Trinajstić information content (AvgIpc) is 2.44. The van der Waals surface area contributed by atoms with E-state index in [1.165, 1.54) is 4.57 Å². The second-order valence-corrected chi connectivity index (χ2v) is 4.65. The molecular weight excluding hydrogens is 278 g/mol. The van der Waals surface area contributed by atoms with Crippen LogP contribution in [0.2, 0.25) is 5.02 Å². The number of halogens is 1. The molecule has 0 amide bonds. The fourth-order valence-corrected chi connectivity index (χ4v) is 1.88. The number of rotatable bonds is 5. The van der Waals surface area contributed by atoms with Crippen LogP contribution in [0.1, 0.15) is 13.3 Å². The molecule has 1 heterocycles. The van der Waals surface area contributed by atoms with E-state index in [1.54, 1.807) is 13.1 Å². The first-order chi connectivity index (χ1) is 9.63. The summed E-state index contributed by atoms with van der Waals surface area (Å²) >= 11 is 6.15. The van der Waals surface area contributed by atoms with E-state index >= 15 is 0 Å². The summed E-state index contributed by atoms with van der Waals surface area (Å²) in [5, 5.41) is 0.536. The summed E-state index contributed by atoms with van der Waals surface area (Å²) in [6, 6.07) is 7.24. The standard InChI is InChI=1S/C13H16ClN5O/c1-3-8-15-18-12-16-11(19(2)13(20)17-12)9-6-4-5-7-10(9)14/h4-7,15H,3,8H2,1-2H3,(H,17,18,20). The number of benzene rings is 1. The maximum Gasteiger partial charge on any atom is 0.352 e. The van der Waals surface area contributed by atoms with Gasteiger partial charge in [0.2, 0.25) is 5.95 Å². The summed E-state index contributed by atoms with van der Waals surface area (Å²) in [5.41, 5.74) is 6.05. The molecule has 1 aromatic carbocycles. The van der Waals surface area contributed by atoms with Crippen molar-refractivity contribution in [2.45, 2.75) is 13.3 Å². The van der Waals surface area contributed by atoms with E-state index in [9.17, 15) is 4.79 Å². The lowest BCUT2D eigenvalue weighted by Gasteiger charge is -2.11. The molecule has 0 fully saturated rings. The Morgan fingerprint density at radius 2 is 2.05 bits per heavy atom. The second kappa shape index (κ2) is 6.49. The maximum absolute atomic E-state index is 11.9. The van der Waals surface area contributed by atoms with Gasteiger partial charge in [-0.15, -0.1) is 0 Å². The molecule has 0 aliphatic heterocycles. The van der Waals surface area contributed by atoms with Crippen LogP contribution in [-0.2, 0) is 7.05 Å². The van der Waals surface area contributed by atoms with Crippen LogP contribution < -0.4 is 16.5 Å². The number of aromatic nitrogens is 3. The topological polar surface area (TPSA) is 71.8 Å². The first kappa shape index (κ1) is 14.5. The Hall–Kier alpha value is -1.92. The van der Waals surface area contributed by atoms with Crippen LogP contribution in [0.25, 0.3) is 11.4 Å². The molecule has 0 saturated heterocycles. The summed E-state index contributed by atoms with van der Waals surface area (Å²) in [4.78, 5) is 20.0. The van der Waals surface area contributed by atoms with Crippen molar-refractivity contribution in [3.8, 4) is 11.4 Å². The lowest BCUT2D eigenvalue weighted by molar-refractivity contribution is 0.730. The Labute approximate surface area is 121 Å². The summed E-state index contributed by atoms with van der Waals surface area (Å²) in [6.45, 7) is 2.79. The number of hydrogen-bond donors (Lipinski definition) is 2. The Balaban J connectivity index is 2.42.